The molecule has 0 heterocycles. The molecule has 1 rings (SSSR count). The van der Waals surface area contributed by atoms with Crippen molar-refractivity contribution in [1.29, 1.82) is 0 Å². The van der Waals surface area contributed by atoms with Crippen LogP contribution in [0.5, 0.6) is 0 Å². The number of carbonyl (C=O) groups is 2. The number of hydrogen-bond acceptors (Lipinski definition) is 2. The summed E-state index contributed by atoms with van der Waals surface area (Å²) in [5, 5.41) is 11.4. The number of carboxylic acid groups (broad SMARTS) is 1. The summed E-state index contributed by atoms with van der Waals surface area (Å²) in [5.41, 5.74) is 0. The summed E-state index contributed by atoms with van der Waals surface area (Å²) in [6.45, 7) is 1.36. The molecule has 15 heavy (non-hydrogen) atoms. The molecule has 4 nitrogen and oxygen atoms in total. The molecular weight excluding hydrogens is 194 g/mol. The standard InChI is InChI=1S/C11H19NO3/c1-8(13)12-10(11(14)15)7-9-5-3-2-4-6-9/h9-10H,2-7H2,1H3,(H,12,13)(H,14,15). The second-order valence-corrected chi connectivity index (χ2v) is 4.33. The highest BCUT2D eigenvalue weighted by Gasteiger charge is 2.24. The Morgan fingerprint density at radius 3 is 2.40 bits per heavy atom. The summed E-state index contributed by atoms with van der Waals surface area (Å²) >= 11 is 0. The molecule has 0 radical (unpaired) electrons. The molecule has 0 bridgehead atoms. The van der Waals surface area contributed by atoms with Crippen molar-refractivity contribution in [2.75, 3.05) is 0 Å². The van der Waals surface area contributed by atoms with Crippen LogP contribution in [0.2, 0.25) is 0 Å². The number of amides is 1. The first-order valence-corrected chi connectivity index (χ1v) is 5.59. The van der Waals surface area contributed by atoms with E-state index in [4.69, 9.17) is 5.11 Å². The molecule has 1 atom stereocenters. The SMILES string of the molecule is CC(=O)NC(CC1CCCCC1)C(=O)O. The minimum Gasteiger partial charge on any atom is -0.480 e. The zero-order chi connectivity index (χ0) is 11.3. The van der Waals surface area contributed by atoms with Crippen LogP contribution in [0.3, 0.4) is 0 Å². The molecule has 1 unspecified atom stereocenters. The van der Waals surface area contributed by atoms with Crippen molar-refractivity contribution in [2.45, 2.75) is 51.5 Å². The fourth-order valence-corrected chi connectivity index (χ4v) is 2.22. The zero-order valence-corrected chi connectivity index (χ0v) is 9.16. The van der Waals surface area contributed by atoms with E-state index < -0.39 is 12.0 Å². The summed E-state index contributed by atoms with van der Waals surface area (Å²) in [4.78, 5) is 21.7. The van der Waals surface area contributed by atoms with Crippen LogP contribution in [0.15, 0.2) is 0 Å². The normalized spacial score (nSPS) is 19.5. The third kappa shape index (κ3) is 4.32. The lowest BCUT2D eigenvalue weighted by Gasteiger charge is -2.24. The monoisotopic (exact) mass is 213 g/mol. The Bertz CT molecular complexity index is 234. The Morgan fingerprint density at radius 2 is 1.93 bits per heavy atom. The van der Waals surface area contributed by atoms with Gasteiger partial charge in [-0.3, -0.25) is 4.79 Å². The van der Waals surface area contributed by atoms with E-state index in [9.17, 15) is 9.59 Å². The molecule has 2 N–H and O–H groups in total. The van der Waals surface area contributed by atoms with Crippen molar-refractivity contribution in [3.63, 3.8) is 0 Å². The van der Waals surface area contributed by atoms with Gasteiger partial charge >= 0.3 is 5.97 Å². The molecular formula is C11H19NO3. The number of hydrogen-bond donors (Lipinski definition) is 2. The van der Waals surface area contributed by atoms with E-state index in [1.165, 1.54) is 26.2 Å². The van der Waals surface area contributed by atoms with Crippen LogP contribution in [0.1, 0.15) is 45.4 Å². The topological polar surface area (TPSA) is 66.4 Å². The molecule has 4 heteroatoms. The van der Waals surface area contributed by atoms with Gasteiger partial charge in [0.25, 0.3) is 0 Å². The largest absolute Gasteiger partial charge is 0.480 e. The Kier molecular flexibility index (Phi) is 4.59. The lowest BCUT2D eigenvalue weighted by atomic mass is 9.85. The van der Waals surface area contributed by atoms with Crippen LogP contribution < -0.4 is 5.32 Å². The fourth-order valence-electron chi connectivity index (χ4n) is 2.22. The Labute approximate surface area is 90.0 Å². The quantitative estimate of drug-likeness (QED) is 0.744. The number of aliphatic carboxylic acids is 1. The van der Waals surface area contributed by atoms with Gasteiger partial charge in [0.15, 0.2) is 0 Å². The number of carboxylic acids is 1. The number of carbonyl (C=O) groups excluding carboxylic acids is 1. The summed E-state index contributed by atoms with van der Waals surface area (Å²) in [5.74, 6) is -0.722. The Morgan fingerprint density at radius 1 is 1.33 bits per heavy atom. The van der Waals surface area contributed by atoms with Crippen molar-refractivity contribution >= 4 is 11.9 Å². The van der Waals surface area contributed by atoms with E-state index in [1.54, 1.807) is 0 Å². The smallest absolute Gasteiger partial charge is 0.326 e. The highest BCUT2D eigenvalue weighted by Crippen LogP contribution is 2.27. The lowest BCUT2D eigenvalue weighted by molar-refractivity contribution is -0.142. The van der Waals surface area contributed by atoms with Crippen LogP contribution in [-0.2, 0) is 9.59 Å². The van der Waals surface area contributed by atoms with Crippen molar-refractivity contribution in [1.82, 2.24) is 5.32 Å². The highest BCUT2D eigenvalue weighted by molar-refractivity contribution is 5.82. The van der Waals surface area contributed by atoms with Crippen LogP contribution in [0, 0.1) is 5.92 Å². The van der Waals surface area contributed by atoms with Gasteiger partial charge < -0.3 is 10.4 Å². The number of rotatable bonds is 4. The van der Waals surface area contributed by atoms with E-state index in [0.29, 0.717) is 12.3 Å². The molecule has 1 saturated carbocycles. The maximum Gasteiger partial charge on any atom is 0.326 e. The van der Waals surface area contributed by atoms with Crippen LogP contribution in [0.25, 0.3) is 0 Å². The lowest BCUT2D eigenvalue weighted by Crippen LogP contribution is -2.41. The second-order valence-electron chi connectivity index (χ2n) is 4.33. The molecule has 1 aliphatic rings. The molecule has 0 aromatic carbocycles. The van der Waals surface area contributed by atoms with Gasteiger partial charge in [-0.25, -0.2) is 4.79 Å². The molecule has 86 valence electrons. The summed E-state index contributed by atoms with van der Waals surface area (Å²) in [6, 6.07) is -0.703. The molecule has 0 saturated heterocycles. The predicted octanol–water partition coefficient (Wildman–Crippen LogP) is 1.55. The zero-order valence-electron chi connectivity index (χ0n) is 9.16. The highest BCUT2D eigenvalue weighted by atomic mass is 16.4. The maximum atomic E-state index is 10.9. The van der Waals surface area contributed by atoms with Crippen molar-refractivity contribution in [2.24, 2.45) is 5.92 Å². The van der Waals surface area contributed by atoms with Crippen molar-refractivity contribution in [3.05, 3.63) is 0 Å². The first-order valence-electron chi connectivity index (χ1n) is 5.59. The second kappa shape index (κ2) is 5.73. The maximum absolute atomic E-state index is 10.9. The van der Waals surface area contributed by atoms with E-state index in [0.717, 1.165) is 12.8 Å². The molecule has 0 spiro atoms. The number of nitrogens with one attached hydrogen (secondary N) is 1. The average molecular weight is 213 g/mol. The molecule has 0 aliphatic heterocycles. The summed E-state index contributed by atoms with van der Waals surface area (Å²) < 4.78 is 0. The Balaban J connectivity index is 2.42. The molecule has 0 aromatic rings. The fraction of sp³-hybridized carbons (Fsp3) is 0.818. The van der Waals surface area contributed by atoms with Crippen molar-refractivity contribution in [3.8, 4) is 0 Å². The summed E-state index contributed by atoms with van der Waals surface area (Å²) in [6.07, 6.45) is 6.42. The predicted molar refractivity (Wildman–Crippen MR) is 56.4 cm³/mol. The van der Waals surface area contributed by atoms with Crippen LogP contribution in [0.4, 0.5) is 0 Å². The van der Waals surface area contributed by atoms with Gasteiger partial charge in [-0.1, -0.05) is 32.1 Å². The van der Waals surface area contributed by atoms with Crippen LogP contribution in [-0.4, -0.2) is 23.0 Å². The van der Waals surface area contributed by atoms with Gasteiger partial charge in [-0.15, -0.1) is 0 Å². The van der Waals surface area contributed by atoms with E-state index >= 15 is 0 Å². The minimum atomic E-state index is -0.921. The Hall–Kier alpha value is -1.06. The third-order valence-electron chi connectivity index (χ3n) is 2.97. The van der Waals surface area contributed by atoms with Crippen LogP contribution >= 0.6 is 0 Å². The first kappa shape index (κ1) is 12.0. The van der Waals surface area contributed by atoms with Gasteiger partial charge in [0, 0.05) is 6.92 Å². The van der Waals surface area contributed by atoms with Gasteiger partial charge in [-0.2, -0.15) is 0 Å². The van der Waals surface area contributed by atoms with E-state index in [2.05, 4.69) is 5.32 Å². The van der Waals surface area contributed by atoms with E-state index in [-0.39, 0.29) is 5.91 Å². The first-order chi connectivity index (χ1) is 7.09. The molecule has 1 fully saturated rings. The minimum absolute atomic E-state index is 0.266. The molecule has 0 aromatic heterocycles. The van der Waals surface area contributed by atoms with Gasteiger partial charge in [0.2, 0.25) is 5.91 Å². The van der Waals surface area contributed by atoms with Crippen molar-refractivity contribution < 1.29 is 14.7 Å². The van der Waals surface area contributed by atoms with Gasteiger partial charge in [0.05, 0.1) is 0 Å². The average Bonchev–Trinajstić information content (AvgIpc) is 2.17. The summed E-state index contributed by atoms with van der Waals surface area (Å²) in [7, 11) is 0. The van der Waals surface area contributed by atoms with Gasteiger partial charge in [0.1, 0.15) is 6.04 Å². The molecule has 1 aliphatic carbocycles. The van der Waals surface area contributed by atoms with Gasteiger partial charge in [-0.05, 0) is 12.3 Å². The molecule has 1 amide bonds. The third-order valence-corrected chi connectivity index (χ3v) is 2.97. The van der Waals surface area contributed by atoms with E-state index in [1.807, 2.05) is 0 Å².